The number of aryl methyl sites for hydroxylation is 1. The summed E-state index contributed by atoms with van der Waals surface area (Å²) in [5.74, 6) is -0.975. The lowest BCUT2D eigenvalue weighted by molar-refractivity contribution is -0.158. The maximum Gasteiger partial charge on any atom is 0.341 e. The normalized spacial score (nSPS) is 11.6. The molecule has 0 aliphatic rings. The third-order valence-corrected chi connectivity index (χ3v) is 4.34. The van der Waals surface area contributed by atoms with Gasteiger partial charge in [0.25, 0.3) is 0 Å². The van der Waals surface area contributed by atoms with Crippen LogP contribution in [0.3, 0.4) is 0 Å². The first-order valence-electron chi connectivity index (χ1n) is 9.57. The Bertz CT molecular complexity index is 768. The molecule has 1 aromatic rings. The van der Waals surface area contributed by atoms with E-state index in [0.29, 0.717) is 12.0 Å². The molecule has 0 saturated carbocycles. The van der Waals surface area contributed by atoms with E-state index in [0.717, 1.165) is 11.1 Å². The van der Waals surface area contributed by atoms with Crippen molar-refractivity contribution in [2.24, 2.45) is 10.8 Å². The molecule has 0 saturated heterocycles. The number of esters is 2. The second-order valence-electron chi connectivity index (χ2n) is 9.40. The van der Waals surface area contributed by atoms with Crippen molar-refractivity contribution < 1.29 is 19.1 Å². The number of benzene rings is 1. The molecule has 154 valence electrons. The first-order chi connectivity index (χ1) is 12.8. The molecule has 0 fully saturated rings. The second kappa shape index (κ2) is 9.25. The van der Waals surface area contributed by atoms with Crippen molar-refractivity contribution in [3.63, 3.8) is 0 Å². The van der Waals surface area contributed by atoms with Crippen molar-refractivity contribution in [2.45, 2.75) is 67.9 Å². The minimum Gasteiger partial charge on any atom is -0.465 e. The molecule has 0 aliphatic heterocycles. The van der Waals surface area contributed by atoms with E-state index < -0.39 is 11.9 Å². The summed E-state index contributed by atoms with van der Waals surface area (Å²) in [4.78, 5) is 24.9. The van der Waals surface area contributed by atoms with Crippen molar-refractivity contribution >= 4 is 11.9 Å². The van der Waals surface area contributed by atoms with E-state index >= 15 is 0 Å². The Balaban J connectivity index is 3.25. The molecule has 1 aromatic carbocycles. The summed E-state index contributed by atoms with van der Waals surface area (Å²) in [5.41, 5.74) is 5.10. The van der Waals surface area contributed by atoms with Crippen LogP contribution in [-0.2, 0) is 25.5 Å². The quantitative estimate of drug-likeness (QED) is 0.397. The van der Waals surface area contributed by atoms with E-state index in [1.165, 1.54) is 7.11 Å². The Hall–Kier alpha value is -2.32. The fourth-order valence-electron chi connectivity index (χ4n) is 3.44. The van der Waals surface area contributed by atoms with Crippen LogP contribution < -0.4 is 0 Å². The van der Waals surface area contributed by atoms with Crippen LogP contribution in [0.15, 0.2) is 41.1 Å². The van der Waals surface area contributed by atoms with Gasteiger partial charge in [-0.3, -0.25) is 0 Å². The highest BCUT2D eigenvalue weighted by Crippen LogP contribution is 2.36. The Morgan fingerprint density at radius 1 is 1.04 bits per heavy atom. The summed E-state index contributed by atoms with van der Waals surface area (Å²) in [6, 6.07) is 7.85. The monoisotopic (exact) mass is 386 g/mol. The molecule has 1 rings (SSSR count). The maximum absolute atomic E-state index is 12.7. The minimum absolute atomic E-state index is 0.218. The maximum atomic E-state index is 12.7. The highest BCUT2D eigenvalue weighted by atomic mass is 16.5. The second-order valence-corrected chi connectivity index (χ2v) is 9.40. The van der Waals surface area contributed by atoms with Gasteiger partial charge >= 0.3 is 11.9 Å². The number of hydrogen-bond acceptors (Lipinski definition) is 4. The van der Waals surface area contributed by atoms with Gasteiger partial charge < -0.3 is 9.47 Å². The van der Waals surface area contributed by atoms with Crippen LogP contribution >= 0.6 is 0 Å². The molecule has 0 amide bonds. The Morgan fingerprint density at radius 3 is 2.07 bits per heavy atom. The van der Waals surface area contributed by atoms with Crippen LogP contribution in [0, 0.1) is 17.8 Å². The van der Waals surface area contributed by atoms with E-state index in [1.807, 2.05) is 72.7 Å². The Labute approximate surface area is 169 Å². The number of rotatable bonds is 5. The van der Waals surface area contributed by atoms with Crippen LogP contribution in [0.1, 0.15) is 59.6 Å². The molecule has 28 heavy (non-hydrogen) atoms. The van der Waals surface area contributed by atoms with Gasteiger partial charge in [-0.2, -0.15) is 0 Å². The van der Waals surface area contributed by atoms with E-state index in [2.05, 4.69) is 5.73 Å². The molecule has 0 spiro atoms. The molecule has 0 radical (unpaired) electrons. The zero-order chi connectivity index (χ0) is 21.7. The number of carbonyl (C=O) groups is 2. The SMILES string of the molecule is COC(=O)C(=C=C(C)C(=O)OC(C(C)(C)C)C(C)(C)C)Cc1cccc(C)c1. The van der Waals surface area contributed by atoms with Crippen molar-refractivity contribution in [1.29, 1.82) is 0 Å². The van der Waals surface area contributed by atoms with Crippen LogP contribution in [0.4, 0.5) is 0 Å². The predicted octanol–water partition coefficient (Wildman–Crippen LogP) is 5.19. The molecule has 0 heterocycles. The molecule has 0 bridgehead atoms. The molecule has 0 aliphatic carbocycles. The van der Waals surface area contributed by atoms with Crippen LogP contribution in [0.25, 0.3) is 0 Å². The molecule has 0 N–H and O–H groups in total. The number of carbonyl (C=O) groups excluding carboxylic acids is 2. The van der Waals surface area contributed by atoms with E-state index in [-0.39, 0.29) is 22.5 Å². The Morgan fingerprint density at radius 2 is 1.61 bits per heavy atom. The zero-order valence-corrected chi connectivity index (χ0v) is 18.7. The van der Waals surface area contributed by atoms with Crippen molar-refractivity contribution in [2.75, 3.05) is 7.11 Å². The van der Waals surface area contributed by atoms with Crippen LogP contribution in [0.2, 0.25) is 0 Å². The van der Waals surface area contributed by atoms with Gasteiger partial charge in [0.2, 0.25) is 0 Å². The zero-order valence-electron chi connectivity index (χ0n) is 18.7. The lowest BCUT2D eigenvalue weighted by Gasteiger charge is -2.39. The minimum atomic E-state index is -0.503. The highest BCUT2D eigenvalue weighted by molar-refractivity contribution is 5.92. The lowest BCUT2D eigenvalue weighted by atomic mass is 9.74. The summed E-state index contributed by atoms with van der Waals surface area (Å²) >= 11 is 0. The number of hydrogen-bond donors (Lipinski definition) is 0. The first-order valence-corrected chi connectivity index (χ1v) is 9.57. The van der Waals surface area contributed by atoms with Gasteiger partial charge in [0.15, 0.2) is 0 Å². The van der Waals surface area contributed by atoms with Crippen molar-refractivity contribution in [1.82, 2.24) is 0 Å². The highest BCUT2D eigenvalue weighted by Gasteiger charge is 2.38. The van der Waals surface area contributed by atoms with Gasteiger partial charge in [0, 0.05) is 6.42 Å². The molecular weight excluding hydrogens is 352 g/mol. The van der Waals surface area contributed by atoms with E-state index in [9.17, 15) is 9.59 Å². The third kappa shape index (κ3) is 7.01. The summed E-state index contributed by atoms with van der Waals surface area (Å²) in [7, 11) is 1.32. The van der Waals surface area contributed by atoms with Gasteiger partial charge in [0.1, 0.15) is 6.10 Å². The molecule has 0 unspecified atom stereocenters. The molecular formula is C24H34O4. The van der Waals surface area contributed by atoms with Crippen LogP contribution in [0.5, 0.6) is 0 Å². The van der Waals surface area contributed by atoms with Crippen LogP contribution in [-0.4, -0.2) is 25.2 Å². The largest absolute Gasteiger partial charge is 0.465 e. The van der Waals surface area contributed by atoms with Gasteiger partial charge in [-0.25, -0.2) is 9.59 Å². The van der Waals surface area contributed by atoms with E-state index in [1.54, 1.807) is 6.92 Å². The number of methoxy groups -OCH3 is 1. The summed E-state index contributed by atoms with van der Waals surface area (Å²) in [6.45, 7) is 15.9. The van der Waals surface area contributed by atoms with Crippen molar-refractivity contribution in [3.8, 4) is 0 Å². The molecule has 4 heteroatoms. The summed E-state index contributed by atoms with van der Waals surface area (Å²) in [6.07, 6.45) is 0.0450. The van der Waals surface area contributed by atoms with Gasteiger partial charge in [-0.1, -0.05) is 77.1 Å². The fourth-order valence-corrected chi connectivity index (χ4v) is 3.44. The summed E-state index contributed by atoms with van der Waals surface area (Å²) in [5, 5.41) is 0. The van der Waals surface area contributed by atoms with Gasteiger partial charge in [-0.15, -0.1) is 0 Å². The third-order valence-electron chi connectivity index (χ3n) is 4.34. The average molecular weight is 387 g/mol. The molecule has 0 aromatic heterocycles. The van der Waals surface area contributed by atoms with Gasteiger partial charge in [0.05, 0.1) is 18.3 Å². The number of ether oxygens (including phenoxy) is 2. The van der Waals surface area contributed by atoms with E-state index in [4.69, 9.17) is 9.47 Å². The first kappa shape index (κ1) is 23.7. The lowest BCUT2D eigenvalue weighted by Crippen LogP contribution is -2.42. The van der Waals surface area contributed by atoms with Gasteiger partial charge in [-0.05, 0) is 30.2 Å². The smallest absolute Gasteiger partial charge is 0.341 e. The average Bonchev–Trinajstić information content (AvgIpc) is 2.56. The topological polar surface area (TPSA) is 52.6 Å². The Kier molecular flexibility index (Phi) is 7.84. The standard InChI is InChI=1S/C24H34O4/c1-16-11-10-12-18(13-16)15-19(21(26)27-9)14-17(2)20(25)28-22(23(3,4)5)24(6,7)8/h10-13,22H,15H2,1-9H3. The predicted molar refractivity (Wildman–Crippen MR) is 112 cm³/mol. The summed E-state index contributed by atoms with van der Waals surface area (Å²) < 4.78 is 10.7. The molecule has 0 atom stereocenters. The molecule has 4 nitrogen and oxygen atoms in total. The fraction of sp³-hybridized carbons (Fsp3) is 0.542. The van der Waals surface area contributed by atoms with Crippen molar-refractivity contribution in [3.05, 3.63) is 52.3 Å².